The Morgan fingerprint density at radius 3 is 1.31 bits per heavy atom. The molecule has 4 unspecified atom stereocenters. The molecule has 6 N–H and O–H groups in total. The van der Waals surface area contributed by atoms with E-state index in [-0.39, 0.29) is 13.2 Å². The summed E-state index contributed by atoms with van der Waals surface area (Å²) < 4.78 is 9.09. The second-order valence-electron chi connectivity index (χ2n) is 30.6. The third-order valence-corrected chi connectivity index (χ3v) is 22.4. The zero-order chi connectivity index (χ0) is 73.6. The average Bonchev–Trinajstić information content (AvgIpc) is 1.59. The maximum atomic E-state index is 11.2. The molecule has 12 aromatic rings. The maximum absolute atomic E-state index is 11.2. The van der Waals surface area contributed by atoms with Gasteiger partial charge in [-0.2, -0.15) is 0 Å². The average molecular weight is 1420 g/mol. The van der Waals surface area contributed by atoms with Crippen LogP contribution in [-0.4, -0.2) is 143 Å². The van der Waals surface area contributed by atoms with Gasteiger partial charge in [-0.3, -0.25) is 9.97 Å². The SMILES string of the molecule is CN1CCc2c(c3cc(Cl)ccc3n2CC(C)(O)c2cncnc2)C1.Cc1cc2c3c(n(CC(C)(O)c4cccnc4)c2cc1CO)CCN(C)C3.Cc1ccc2c(c1)c1c(n2CC(C)(O)c2ccccc2)CCN(C)C1.Cc1ccc2c(c1CO)c1c(n2CC(C)(O)c2cccnc2)CCN(C)C1. The summed E-state index contributed by atoms with van der Waals surface area (Å²) in [4.78, 5) is 25.8. The van der Waals surface area contributed by atoms with Gasteiger partial charge in [0.2, 0.25) is 0 Å². The first kappa shape index (κ1) is 73.8. The Morgan fingerprint density at radius 1 is 0.404 bits per heavy atom. The summed E-state index contributed by atoms with van der Waals surface area (Å²) in [5, 5.41) is 70.2. The first-order valence-corrected chi connectivity index (χ1v) is 36.7. The molecule has 0 saturated carbocycles. The topological polar surface area (TPSA) is 206 Å². The number of aliphatic hydroxyl groups is 6. The van der Waals surface area contributed by atoms with Crippen LogP contribution in [-0.2, 0) is 114 Å². The summed E-state index contributed by atoms with van der Waals surface area (Å²) in [6, 6.07) is 38.7. The van der Waals surface area contributed by atoms with Crippen molar-refractivity contribution in [2.24, 2.45) is 0 Å². The van der Waals surface area contributed by atoms with E-state index in [1.165, 1.54) is 78.6 Å². The Bertz CT molecular complexity index is 4840. The molecule has 4 aliphatic rings. The molecule has 0 bridgehead atoms. The lowest BCUT2D eigenvalue weighted by Gasteiger charge is -2.29. The minimum Gasteiger partial charge on any atom is -0.392 e. The van der Waals surface area contributed by atoms with Crippen LogP contribution < -0.4 is 0 Å². The highest BCUT2D eigenvalue weighted by atomic mass is 35.5. The number of hydrogen-bond donors (Lipinski definition) is 6. The fraction of sp³-hybridized carbons (Fsp3) is 0.388. The molecular formula is C85H101ClN12O6. The summed E-state index contributed by atoms with van der Waals surface area (Å²) in [5.41, 5.74) is 19.9. The zero-order valence-corrected chi connectivity index (χ0v) is 62.9. The van der Waals surface area contributed by atoms with Crippen LogP contribution >= 0.6 is 11.6 Å². The van der Waals surface area contributed by atoms with Gasteiger partial charge in [0.1, 0.15) is 28.7 Å². The summed E-state index contributed by atoms with van der Waals surface area (Å²) in [6.07, 6.45) is 15.6. The largest absolute Gasteiger partial charge is 0.392 e. The zero-order valence-electron chi connectivity index (χ0n) is 62.2. The molecule has 11 heterocycles. The smallest absolute Gasteiger partial charge is 0.115 e. The van der Waals surface area contributed by atoms with Crippen LogP contribution in [0.3, 0.4) is 0 Å². The highest BCUT2D eigenvalue weighted by molar-refractivity contribution is 6.31. The van der Waals surface area contributed by atoms with E-state index in [1.807, 2.05) is 114 Å². The first-order valence-electron chi connectivity index (χ1n) is 36.4. The monoisotopic (exact) mass is 1420 g/mol. The third-order valence-electron chi connectivity index (χ3n) is 22.2. The Kier molecular flexibility index (Phi) is 21.4. The molecule has 16 rings (SSSR count). The van der Waals surface area contributed by atoms with Gasteiger partial charge in [-0.15, -0.1) is 0 Å². The van der Waals surface area contributed by atoms with Gasteiger partial charge in [-0.25, -0.2) is 9.97 Å². The van der Waals surface area contributed by atoms with Gasteiger partial charge in [-0.1, -0.05) is 71.8 Å². The van der Waals surface area contributed by atoms with Crippen LogP contribution in [0, 0.1) is 20.8 Å². The molecule has 544 valence electrons. The van der Waals surface area contributed by atoms with Gasteiger partial charge in [0.15, 0.2) is 0 Å². The minimum absolute atomic E-state index is 0.0243. The molecule has 7 aromatic heterocycles. The quantitative estimate of drug-likeness (QED) is 0.0599. The van der Waals surface area contributed by atoms with Gasteiger partial charge in [-0.05, 0) is 187 Å². The van der Waals surface area contributed by atoms with Crippen molar-refractivity contribution in [3.63, 3.8) is 0 Å². The van der Waals surface area contributed by atoms with Gasteiger partial charge in [0.25, 0.3) is 0 Å². The number of halogens is 1. The Balaban J connectivity index is 0.000000123. The highest BCUT2D eigenvalue weighted by Crippen LogP contribution is 2.41. The molecule has 0 aliphatic carbocycles. The number of likely N-dealkylation sites (N-methyl/N-ethyl adjacent to an activating group) is 4. The lowest BCUT2D eigenvalue weighted by atomic mass is 9.95. The van der Waals surface area contributed by atoms with Crippen molar-refractivity contribution in [3.8, 4) is 0 Å². The maximum Gasteiger partial charge on any atom is 0.115 e. The number of aryl methyl sites for hydroxylation is 3. The molecular weight excluding hydrogens is 1320 g/mol. The standard InChI is InChI=1S/2C22H27N3O2.C22H26N2O.C19H21ClN4O/c1-15-6-7-20-21(18(15)13-26)17-12-24(3)10-8-19(17)25(20)14-22(2,27)16-5-4-9-23-11-16;1-15-9-18-19-12-24(3)8-6-20(19)25(21(18)10-16(15)13-26)14-22(2,27)17-5-4-7-23-11-17;1-16-9-10-20-18(13-16)19-14-23(3)12-11-21(19)24(20)15-22(2,25)17-7-5-4-6-8-17;1-19(25,13-8-21-12-22-9-13)11-24-17-4-3-14(20)7-15(17)16-10-23(2)6-5-18(16)24/h4-7,9,11,26-27H,8,10,12-14H2,1-3H3;4-5,7,9-11,26-27H,6,8,12-14H2,1-3H3;4-10,13,25H,11-12,14-15H2,1-3H3;3-4,7-9,12,25H,5-6,10-11H2,1-2H3. The van der Waals surface area contributed by atoms with Gasteiger partial charge in [0.05, 0.1) is 39.4 Å². The fourth-order valence-electron chi connectivity index (χ4n) is 16.3. The fourth-order valence-corrected chi connectivity index (χ4v) is 16.5. The summed E-state index contributed by atoms with van der Waals surface area (Å²) in [6.45, 7) is 23.4. The van der Waals surface area contributed by atoms with Crippen molar-refractivity contribution in [3.05, 3.63) is 259 Å². The van der Waals surface area contributed by atoms with E-state index in [2.05, 4.69) is 135 Å². The van der Waals surface area contributed by atoms with Crippen molar-refractivity contribution in [1.29, 1.82) is 0 Å². The molecule has 104 heavy (non-hydrogen) atoms. The van der Waals surface area contributed by atoms with E-state index in [0.717, 1.165) is 144 Å². The van der Waals surface area contributed by atoms with Gasteiger partial charge >= 0.3 is 0 Å². The van der Waals surface area contributed by atoms with E-state index in [0.29, 0.717) is 31.7 Å². The van der Waals surface area contributed by atoms with E-state index >= 15 is 0 Å². The number of benzene rings is 5. The molecule has 0 fully saturated rings. The molecule has 4 aliphatic heterocycles. The summed E-state index contributed by atoms with van der Waals surface area (Å²) >= 11 is 6.25. The lowest BCUT2D eigenvalue weighted by molar-refractivity contribution is 0.0374. The molecule has 0 amide bonds. The number of nitrogens with zero attached hydrogens (tertiary/aromatic N) is 12. The number of pyridine rings is 2. The minimum atomic E-state index is -1.05. The number of fused-ring (bicyclic) bond motifs is 12. The number of hydrogen-bond acceptors (Lipinski definition) is 14. The predicted molar refractivity (Wildman–Crippen MR) is 414 cm³/mol. The van der Waals surface area contributed by atoms with Gasteiger partial charge < -0.3 is 68.5 Å². The molecule has 18 nitrogen and oxygen atoms in total. The van der Waals surface area contributed by atoms with E-state index in [9.17, 15) is 30.6 Å². The lowest BCUT2D eigenvalue weighted by Crippen LogP contribution is -2.31. The second kappa shape index (κ2) is 30.2. The predicted octanol–water partition coefficient (Wildman–Crippen LogP) is 12.3. The van der Waals surface area contributed by atoms with E-state index in [4.69, 9.17) is 11.6 Å². The van der Waals surface area contributed by atoms with Crippen molar-refractivity contribution in [2.75, 3.05) is 54.4 Å². The molecule has 4 atom stereocenters. The Labute approximate surface area is 615 Å². The van der Waals surface area contributed by atoms with Crippen molar-refractivity contribution >= 4 is 55.2 Å². The molecule has 0 spiro atoms. The number of rotatable bonds is 14. The van der Waals surface area contributed by atoms with Crippen molar-refractivity contribution in [2.45, 2.75) is 162 Å². The third kappa shape index (κ3) is 15.1. The molecule has 5 aromatic carbocycles. The van der Waals surface area contributed by atoms with E-state index < -0.39 is 22.4 Å². The van der Waals surface area contributed by atoms with Crippen molar-refractivity contribution in [1.82, 2.24) is 57.8 Å². The first-order chi connectivity index (χ1) is 49.7. The Hall–Kier alpha value is -8.47. The Morgan fingerprint density at radius 2 is 0.817 bits per heavy atom. The molecule has 19 heteroatoms. The van der Waals surface area contributed by atoms with Crippen LogP contribution in [0.2, 0.25) is 5.02 Å². The van der Waals surface area contributed by atoms with Crippen LogP contribution in [0.4, 0.5) is 0 Å². The molecule has 0 saturated heterocycles. The van der Waals surface area contributed by atoms with Crippen molar-refractivity contribution < 1.29 is 30.6 Å². The van der Waals surface area contributed by atoms with Crippen LogP contribution in [0.5, 0.6) is 0 Å². The van der Waals surface area contributed by atoms with E-state index in [1.54, 1.807) is 37.2 Å². The number of aliphatic hydroxyl groups excluding tert-OH is 2. The number of aromatic nitrogens is 8. The van der Waals surface area contributed by atoms with Crippen LogP contribution in [0.25, 0.3) is 43.6 Å². The second-order valence-corrected chi connectivity index (χ2v) is 31.1. The van der Waals surface area contributed by atoms with Gasteiger partial charge in [0, 0.05) is 203 Å². The van der Waals surface area contributed by atoms with Crippen LogP contribution in [0.15, 0.2) is 159 Å². The highest BCUT2D eigenvalue weighted by Gasteiger charge is 2.35. The normalized spacial score (nSPS) is 17.2. The van der Waals surface area contributed by atoms with Crippen LogP contribution in [0.1, 0.15) is 123 Å². The molecule has 0 radical (unpaired) electrons. The summed E-state index contributed by atoms with van der Waals surface area (Å²) in [7, 11) is 8.59. The summed E-state index contributed by atoms with van der Waals surface area (Å²) in [5.74, 6) is 0.